The molecule has 0 amide bonds. The quantitative estimate of drug-likeness (QED) is 0.584. The maximum atomic E-state index is 12.6. The summed E-state index contributed by atoms with van der Waals surface area (Å²) in [6.07, 6.45) is 9.79. The van der Waals surface area contributed by atoms with Crippen molar-refractivity contribution < 1.29 is 19.4 Å². The highest BCUT2D eigenvalue weighted by molar-refractivity contribution is 7.99. The van der Waals surface area contributed by atoms with Crippen molar-refractivity contribution in [1.82, 2.24) is 0 Å². The monoisotopic (exact) mass is 354 g/mol. The van der Waals surface area contributed by atoms with Crippen molar-refractivity contribution in [3.8, 4) is 0 Å². The van der Waals surface area contributed by atoms with Crippen LogP contribution in [0, 0.1) is 11.8 Å². The summed E-state index contributed by atoms with van der Waals surface area (Å²) in [5.41, 5.74) is -0.393. The Bertz CT molecular complexity index is 484. The van der Waals surface area contributed by atoms with E-state index in [9.17, 15) is 14.7 Å². The predicted octanol–water partition coefficient (Wildman–Crippen LogP) is 3.52. The second kappa shape index (κ2) is 8.52. The highest BCUT2D eigenvalue weighted by Crippen LogP contribution is 2.49. The van der Waals surface area contributed by atoms with Crippen molar-refractivity contribution in [3.63, 3.8) is 0 Å². The summed E-state index contributed by atoms with van der Waals surface area (Å²) in [6, 6.07) is 0. The lowest BCUT2D eigenvalue weighted by molar-refractivity contribution is -0.182. The third-order valence-electron chi connectivity index (χ3n) is 5.75. The van der Waals surface area contributed by atoms with Crippen LogP contribution in [0.3, 0.4) is 0 Å². The predicted molar refractivity (Wildman–Crippen MR) is 96.9 cm³/mol. The first-order chi connectivity index (χ1) is 11.4. The highest BCUT2D eigenvalue weighted by Gasteiger charge is 2.54. The van der Waals surface area contributed by atoms with Gasteiger partial charge in [0.1, 0.15) is 12.2 Å². The summed E-state index contributed by atoms with van der Waals surface area (Å²) in [6.45, 7) is 4.87. The molecule has 0 aromatic rings. The molecule has 4 nitrogen and oxygen atoms in total. The zero-order valence-corrected chi connectivity index (χ0v) is 15.7. The Hall–Kier alpha value is -0.810. The SMILES string of the molecule is C=C(C)C(=O)OC1(C2CCCCC2)CCC(SC)CC1C(=O)CO. The summed E-state index contributed by atoms with van der Waals surface area (Å²) < 4.78 is 6.03. The van der Waals surface area contributed by atoms with E-state index < -0.39 is 24.1 Å². The van der Waals surface area contributed by atoms with Gasteiger partial charge < -0.3 is 9.84 Å². The Morgan fingerprint density at radius 2 is 1.92 bits per heavy atom. The number of Topliss-reactive ketones (excluding diaryl/α,β-unsaturated/α-hetero) is 1. The third kappa shape index (κ3) is 4.05. The minimum Gasteiger partial charge on any atom is -0.455 e. The van der Waals surface area contributed by atoms with Crippen LogP contribution in [-0.2, 0) is 14.3 Å². The molecule has 0 radical (unpaired) electrons. The minimum atomic E-state index is -0.761. The summed E-state index contributed by atoms with van der Waals surface area (Å²) in [5.74, 6) is -0.786. The molecule has 0 aromatic carbocycles. The topological polar surface area (TPSA) is 63.6 Å². The second-order valence-electron chi connectivity index (χ2n) is 7.27. The van der Waals surface area contributed by atoms with Crippen LogP contribution in [-0.4, -0.2) is 40.6 Å². The number of aliphatic hydroxyl groups excluding tert-OH is 1. The van der Waals surface area contributed by atoms with Gasteiger partial charge in [-0.25, -0.2) is 4.79 Å². The number of rotatable bonds is 6. The van der Waals surface area contributed by atoms with E-state index in [2.05, 4.69) is 12.8 Å². The van der Waals surface area contributed by atoms with E-state index in [0.717, 1.165) is 32.1 Å². The van der Waals surface area contributed by atoms with Gasteiger partial charge in [0.05, 0.1) is 5.92 Å². The molecular formula is C19H30O4S. The van der Waals surface area contributed by atoms with Gasteiger partial charge in [0.25, 0.3) is 0 Å². The fourth-order valence-electron chi connectivity index (χ4n) is 4.41. The zero-order valence-electron chi connectivity index (χ0n) is 14.9. The van der Waals surface area contributed by atoms with E-state index in [1.807, 2.05) is 0 Å². The molecule has 1 N–H and O–H groups in total. The number of ketones is 1. The van der Waals surface area contributed by atoms with Crippen LogP contribution in [0.5, 0.6) is 0 Å². The Kier molecular flexibility index (Phi) is 6.93. The largest absolute Gasteiger partial charge is 0.455 e. The van der Waals surface area contributed by atoms with Gasteiger partial charge in [0.2, 0.25) is 0 Å². The van der Waals surface area contributed by atoms with Crippen LogP contribution in [0.15, 0.2) is 12.2 Å². The molecule has 3 unspecified atom stereocenters. The Labute approximate surface area is 149 Å². The molecule has 0 spiro atoms. The summed E-state index contributed by atoms with van der Waals surface area (Å²) >= 11 is 1.76. The lowest BCUT2D eigenvalue weighted by Crippen LogP contribution is -2.56. The lowest BCUT2D eigenvalue weighted by Gasteiger charge is -2.50. The number of carbonyl (C=O) groups excluding carboxylic acids is 2. The maximum absolute atomic E-state index is 12.6. The van der Waals surface area contributed by atoms with E-state index >= 15 is 0 Å². The van der Waals surface area contributed by atoms with Gasteiger partial charge in [0, 0.05) is 10.8 Å². The smallest absolute Gasteiger partial charge is 0.333 e. The molecule has 0 heterocycles. The van der Waals surface area contributed by atoms with Crippen LogP contribution in [0.4, 0.5) is 0 Å². The van der Waals surface area contributed by atoms with Crippen LogP contribution >= 0.6 is 11.8 Å². The number of hydrogen-bond acceptors (Lipinski definition) is 5. The summed E-state index contributed by atoms with van der Waals surface area (Å²) in [4.78, 5) is 24.9. The van der Waals surface area contributed by atoms with Gasteiger partial charge >= 0.3 is 5.97 Å². The first-order valence-electron chi connectivity index (χ1n) is 8.99. The second-order valence-corrected chi connectivity index (χ2v) is 8.41. The number of thioether (sulfide) groups is 1. The molecule has 2 aliphatic carbocycles. The first kappa shape index (κ1) is 19.5. The average Bonchev–Trinajstić information content (AvgIpc) is 2.61. The van der Waals surface area contributed by atoms with E-state index in [1.165, 1.54) is 6.42 Å². The molecule has 2 rings (SSSR count). The van der Waals surface area contributed by atoms with Crippen LogP contribution in [0.25, 0.3) is 0 Å². The molecule has 136 valence electrons. The summed E-state index contributed by atoms with van der Waals surface area (Å²) in [7, 11) is 0. The molecule has 3 atom stereocenters. The van der Waals surface area contributed by atoms with Crippen molar-refractivity contribution in [1.29, 1.82) is 0 Å². The normalized spacial score (nSPS) is 31.5. The van der Waals surface area contributed by atoms with Crippen LogP contribution in [0.2, 0.25) is 0 Å². The van der Waals surface area contributed by atoms with Gasteiger partial charge in [-0.1, -0.05) is 25.8 Å². The Balaban J connectivity index is 2.38. The first-order valence-corrected chi connectivity index (χ1v) is 10.3. The number of esters is 1. The maximum Gasteiger partial charge on any atom is 0.333 e. The minimum absolute atomic E-state index is 0.186. The van der Waals surface area contributed by atoms with Crippen molar-refractivity contribution in [2.75, 3.05) is 12.9 Å². The van der Waals surface area contributed by atoms with Crippen molar-refractivity contribution in [3.05, 3.63) is 12.2 Å². The van der Waals surface area contributed by atoms with Gasteiger partial charge in [-0.15, -0.1) is 0 Å². The van der Waals surface area contributed by atoms with Gasteiger partial charge in [-0.2, -0.15) is 11.8 Å². The number of ether oxygens (including phenoxy) is 1. The fraction of sp³-hybridized carbons (Fsp3) is 0.789. The van der Waals surface area contributed by atoms with Crippen molar-refractivity contribution in [2.24, 2.45) is 11.8 Å². The molecule has 0 aliphatic heterocycles. The van der Waals surface area contributed by atoms with E-state index in [-0.39, 0.29) is 11.7 Å². The Morgan fingerprint density at radius 3 is 2.46 bits per heavy atom. The van der Waals surface area contributed by atoms with Gasteiger partial charge in [-0.05, 0) is 51.2 Å². The third-order valence-corrected chi connectivity index (χ3v) is 6.85. The molecule has 0 aromatic heterocycles. The van der Waals surface area contributed by atoms with E-state index in [0.29, 0.717) is 23.7 Å². The van der Waals surface area contributed by atoms with Crippen molar-refractivity contribution >= 4 is 23.5 Å². The molecule has 0 saturated heterocycles. The van der Waals surface area contributed by atoms with E-state index in [1.54, 1.807) is 18.7 Å². The lowest BCUT2D eigenvalue weighted by atomic mass is 9.63. The molecule has 2 aliphatic rings. The molecular weight excluding hydrogens is 324 g/mol. The molecule has 0 bridgehead atoms. The van der Waals surface area contributed by atoms with Gasteiger partial charge in [-0.3, -0.25) is 4.79 Å². The highest BCUT2D eigenvalue weighted by atomic mass is 32.2. The molecule has 2 fully saturated rings. The van der Waals surface area contributed by atoms with Crippen molar-refractivity contribution in [2.45, 2.75) is 69.1 Å². The van der Waals surface area contributed by atoms with E-state index in [4.69, 9.17) is 4.74 Å². The van der Waals surface area contributed by atoms with Crippen LogP contribution in [0.1, 0.15) is 58.3 Å². The molecule has 24 heavy (non-hydrogen) atoms. The number of carbonyl (C=O) groups is 2. The van der Waals surface area contributed by atoms with Gasteiger partial charge in [0.15, 0.2) is 5.78 Å². The summed E-state index contributed by atoms with van der Waals surface area (Å²) in [5, 5.41) is 9.89. The molecule has 5 heteroatoms. The standard InChI is InChI=1S/C19H30O4S/c1-13(2)18(22)23-19(14-7-5-4-6-8-14)10-9-15(24-3)11-16(19)17(21)12-20/h14-16,20H,1,4-12H2,2-3H3. The number of aliphatic hydroxyl groups is 1. The van der Waals surface area contributed by atoms with Crippen LogP contribution < -0.4 is 0 Å². The fourth-order valence-corrected chi connectivity index (χ4v) is 5.15. The zero-order chi connectivity index (χ0) is 17.7. The average molecular weight is 355 g/mol. The number of hydrogen-bond donors (Lipinski definition) is 1. The Morgan fingerprint density at radius 1 is 1.25 bits per heavy atom. The molecule has 2 saturated carbocycles.